The molecule has 32 heavy (non-hydrogen) atoms. The van der Waals surface area contributed by atoms with Crippen LogP contribution in [0.1, 0.15) is 29.2 Å². The zero-order chi connectivity index (χ0) is 22.8. The van der Waals surface area contributed by atoms with Crippen molar-refractivity contribution in [3.63, 3.8) is 0 Å². The van der Waals surface area contributed by atoms with Gasteiger partial charge in [-0.25, -0.2) is 0 Å². The van der Waals surface area contributed by atoms with Crippen LogP contribution in [0, 0.1) is 5.41 Å². The number of hydrogen-bond donors (Lipinski definition) is 1. The number of rotatable bonds is 3. The summed E-state index contributed by atoms with van der Waals surface area (Å²) in [6, 6.07) is 16.9. The van der Waals surface area contributed by atoms with E-state index in [0.29, 0.717) is 6.67 Å². The van der Waals surface area contributed by atoms with Crippen LogP contribution in [0.25, 0.3) is 0 Å². The number of amides is 1. The Balaban J connectivity index is 1.80. The maximum Gasteiger partial charge on any atom is 0.276 e. The summed E-state index contributed by atoms with van der Waals surface area (Å²) in [5, 5.41) is 14.5. The third kappa shape index (κ3) is 2.38. The minimum Gasteiger partial charge on any atom is -0.503 e. The number of hydrogen-bond acceptors (Lipinski definition) is 5. The van der Waals surface area contributed by atoms with E-state index in [1.807, 2.05) is 0 Å². The van der Waals surface area contributed by atoms with Crippen LogP contribution in [0.2, 0.25) is 0 Å². The first-order valence-electron chi connectivity index (χ1n) is 10.8. The highest BCUT2D eigenvalue weighted by atomic mass is 16.3. The van der Waals surface area contributed by atoms with Gasteiger partial charge in [-0.1, -0.05) is 62.0 Å². The molecule has 1 N–H and O–H groups in total. The highest BCUT2D eigenvalue weighted by molar-refractivity contribution is 6.08. The molecule has 0 spiro atoms. The minimum absolute atomic E-state index is 0.0332. The van der Waals surface area contributed by atoms with E-state index in [1.165, 1.54) is 22.3 Å². The standard InChI is InChI=1S/C26H27N3O3/c1-5-21(30)23(31)22-24(32)27(3)16-29(28(22)4)26-19-12-8-6-10-17(19)14-25(26,2)15-18-11-7-9-13-20(18)26/h5-13,31H,1,14-16H2,2-4H3/b23-22+. The molecule has 2 aromatic rings. The number of likely N-dealkylation sites (N-methyl/N-ethyl adjacent to an activating group) is 2. The molecule has 0 aromatic heterocycles. The van der Waals surface area contributed by atoms with Gasteiger partial charge in [0.05, 0.1) is 12.2 Å². The van der Waals surface area contributed by atoms with Crippen LogP contribution in [0.3, 0.4) is 0 Å². The molecule has 3 aliphatic rings. The van der Waals surface area contributed by atoms with Crippen molar-refractivity contribution in [2.45, 2.75) is 25.3 Å². The van der Waals surface area contributed by atoms with Crippen molar-refractivity contribution >= 4 is 11.7 Å². The lowest BCUT2D eigenvalue weighted by atomic mass is 9.71. The molecule has 1 aliphatic heterocycles. The second-order valence-corrected chi connectivity index (χ2v) is 9.27. The molecule has 0 atom stereocenters. The minimum atomic E-state index is -0.672. The maximum atomic E-state index is 13.1. The van der Waals surface area contributed by atoms with E-state index in [9.17, 15) is 14.7 Å². The number of carbonyl (C=O) groups excluding carboxylic acids is 2. The fourth-order valence-electron chi connectivity index (χ4n) is 6.20. The van der Waals surface area contributed by atoms with Gasteiger partial charge in [-0.05, 0) is 41.2 Å². The summed E-state index contributed by atoms with van der Waals surface area (Å²) in [5.41, 5.74) is 4.23. The molecule has 1 amide bonds. The number of ketones is 1. The zero-order valence-electron chi connectivity index (χ0n) is 18.6. The van der Waals surface area contributed by atoms with Crippen molar-refractivity contribution in [2.24, 2.45) is 5.41 Å². The number of aliphatic hydroxyl groups is 1. The number of aliphatic hydroxyl groups excluding tert-OH is 1. The number of carbonyl (C=O) groups is 2. The molecule has 1 saturated heterocycles. The summed E-state index contributed by atoms with van der Waals surface area (Å²) >= 11 is 0. The number of benzene rings is 2. The number of fused-ring (bicyclic) bond motifs is 5. The predicted molar refractivity (Wildman–Crippen MR) is 121 cm³/mol. The first-order valence-corrected chi connectivity index (χ1v) is 10.8. The number of nitrogens with zero attached hydrogens (tertiary/aromatic N) is 3. The van der Waals surface area contributed by atoms with Crippen molar-refractivity contribution in [2.75, 3.05) is 20.8 Å². The first kappa shape index (κ1) is 20.5. The van der Waals surface area contributed by atoms with Gasteiger partial charge in [0, 0.05) is 19.5 Å². The van der Waals surface area contributed by atoms with E-state index in [4.69, 9.17) is 0 Å². The Morgan fingerprint density at radius 3 is 2.09 bits per heavy atom. The van der Waals surface area contributed by atoms with Gasteiger partial charge in [-0.15, -0.1) is 0 Å². The fourth-order valence-corrected chi connectivity index (χ4v) is 6.20. The Morgan fingerprint density at radius 1 is 1.03 bits per heavy atom. The van der Waals surface area contributed by atoms with Crippen molar-refractivity contribution in [3.8, 4) is 0 Å². The van der Waals surface area contributed by atoms with Gasteiger partial charge in [0.2, 0.25) is 5.78 Å². The maximum absolute atomic E-state index is 13.1. The van der Waals surface area contributed by atoms with E-state index in [2.05, 4.69) is 67.0 Å². The van der Waals surface area contributed by atoms with Gasteiger partial charge in [0.25, 0.3) is 5.91 Å². The van der Waals surface area contributed by atoms with Crippen molar-refractivity contribution in [1.82, 2.24) is 14.9 Å². The van der Waals surface area contributed by atoms with E-state index in [-0.39, 0.29) is 11.1 Å². The van der Waals surface area contributed by atoms with Gasteiger partial charge >= 0.3 is 0 Å². The molecular weight excluding hydrogens is 402 g/mol. The van der Waals surface area contributed by atoms with E-state index in [0.717, 1.165) is 18.9 Å². The van der Waals surface area contributed by atoms with Crippen LogP contribution in [0.15, 0.2) is 72.6 Å². The molecule has 6 nitrogen and oxygen atoms in total. The normalized spacial score (nSPS) is 28.3. The van der Waals surface area contributed by atoms with E-state index in [1.54, 1.807) is 24.0 Å². The smallest absolute Gasteiger partial charge is 0.276 e. The zero-order valence-corrected chi connectivity index (χ0v) is 18.6. The molecule has 1 heterocycles. The molecule has 5 rings (SSSR count). The molecule has 2 aliphatic carbocycles. The van der Waals surface area contributed by atoms with Crippen molar-refractivity contribution in [1.29, 1.82) is 0 Å². The van der Waals surface area contributed by atoms with Crippen LogP contribution < -0.4 is 0 Å². The highest BCUT2D eigenvalue weighted by Crippen LogP contribution is 2.64. The monoisotopic (exact) mass is 429 g/mol. The van der Waals surface area contributed by atoms with Crippen LogP contribution >= 0.6 is 0 Å². The molecule has 6 heteroatoms. The van der Waals surface area contributed by atoms with Crippen LogP contribution in [0.4, 0.5) is 0 Å². The second-order valence-electron chi connectivity index (χ2n) is 9.27. The quantitative estimate of drug-likeness (QED) is 0.600. The van der Waals surface area contributed by atoms with E-state index >= 15 is 0 Å². The van der Waals surface area contributed by atoms with Crippen LogP contribution in [-0.2, 0) is 28.0 Å². The molecule has 1 fully saturated rings. The van der Waals surface area contributed by atoms with Crippen LogP contribution in [-0.4, -0.2) is 52.5 Å². The van der Waals surface area contributed by atoms with Crippen molar-refractivity contribution < 1.29 is 14.7 Å². The SMILES string of the molecule is C=CC(=O)/C(O)=C1/C(=O)N(C)CN(C23c4ccccc4CC2(C)Cc2ccccc23)N1C. The molecule has 0 unspecified atom stereocenters. The third-order valence-corrected chi connectivity index (χ3v) is 7.46. The average molecular weight is 430 g/mol. The molecular formula is C26H27N3O3. The van der Waals surface area contributed by atoms with Gasteiger partial charge < -0.3 is 10.0 Å². The van der Waals surface area contributed by atoms with E-state index < -0.39 is 23.0 Å². The lowest BCUT2D eigenvalue weighted by Gasteiger charge is -2.55. The average Bonchev–Trinajstić information content (AvgIpc) is 3.19. The molecule has 0 bridgehead atoms. The van der Waals surface area contributed by atoms with Crippen molar-refractivity contribution in [3.05, 3.63) is 94.9 Å². The lowest BCUT2D eigenvalue weighted by molar-refractivity contribution is -0.171. The van der Waals surface area contributed by atoms with Crippen LogP contribution in [0.5, 0.6) is 0 Å². The molecule has 0 radical (unpaired) electrons. The molecule has 0 saturated carbocycles. The summed E-state index contributed by atoms with van der Waals surface area (Å²) in [4.78, 5) is 26.9. The largest absolute Gasteiger partial charge is 0.503 e. The lowest BCUT2D eigenvalue weighted by Crippen LogP contribution is -2.65. The number of allylic oxidation sites excluding steroid dienone is 1. The summed E-state index contributed by atoms with van der Waals surface area (Å²) in [6.45, 7) is 6.09. The Morgan fingerprint density at radius 2 is 1.56 bits per heavy atom. The second kappa shape index (κ2) is 6.81. The summed E-state index contributed by atoms with van der Waals surface area (Å²) in [5.74, 6) is -1.65. The summed E-state index contributed by atoms with van der Waals surface area (Å²) in [6.07, 6.45) is 2.83. The summed E-state index contributed by atoms with van der Waals surface area (Å²) < 4.78 is 0. The summed E-state index contributed by atoms with van der Waals surface area (Å²) in [7, 11) is 3.45. The molecule has 2 aromatic carbocycles. The third-order valence-electron chi connectivity index (χ3n) is 7.46. The first-order chi connectivity index (χ1) is 15.3. The topological polar surface area (TPSA) is 64.1 Å². The Labute approximate surface area is 188 Å². The Kier molecular flexibility index (Phi) is 4.37. The Hall–Kier alpha value is -3.38. The van der Waals surface area contributed by atoms with Gasteiger partial charge in [-0.3, -0.25) is 14.6 Å². The molecule has 164 valence electrons. The Bertz CT molecular complexity index is 1150. The van der Waals surface area contributed by atoms with Gasteiger partial charge in [-0.2, -0.15) is 5.01 Å². The fraction of sp³-hybridized carbons (Fsp3) is 0.308. The predicted octanol–water partition coefficient (Wildman–Crippen LogP) is 3.15. The highest BCUT2D eigenvalue weighted by Gasteiger charge is 2.65. The van der Waals surface area contributed by atoms with Gasteiger partial charge in [0.1, 0.15) is 0 Å². The number of hydrazine groups is 1. The van der Waals surface area contributed by atoms with Gasteiger partial charge in [0.15, 0.2) is 11.5 Å².